The van der Waals surface area contributed by atoms with Gasteiger partial charge in [0.15, 0.2) is 0 Å². The molecule has 0 saturated carbocycles. The first-order chi connectivity index (χ1) is 15.9. The molecule has 166 valence electrons. The molecule has 0 heterocycles. The smallest absolute Gasteiger partial charge is 0 e. The van der Waals surface area contributed by atoms with Crippen LogP contribution >= 0.6 is 0 Å². The molecule has 0 atom stereocenters. The summed E-state index contributed by atoms with van der Waals surface area (Å²) in [5, 5.41) is 0. The fraction of sp³-hybridized carbons (Fsp3) is 0.125. The zero-order valence-corrected chi connectivity index (χ0v) is 20.6. The van der Waals surface area contributed by atoms with Gasteiger partial charge >= 0.3 is 0 Å². The Bertz CT molecular complexity index is 1120. The molecular weight excluding hydrogens is 485 g/mol. The van der Waals surface area contributed by atoms with E-state index in [9.17, 15) is 0 Å². The van der Waals surface area contributed by atoms with Crippen LogP contribution in [0, 0.1) is 0 Å². The summed E-state index contributed by atoms with van der Waals surface area (Å²) in [6.45, 7) is 0. The first kappa shape index (κ1) is 24.6. The third kappa shape index (κ3) is 7.24. The Hall–Kier alpha value is -3.02. The van der Waals surface area contributed by atoms with E-state index in [1.807, 2.05) is 0 Å². The van der Waals surface area contributed by atoms with Crippen molar-refractivity contribution in [2.75, 3.05) is 0 Å². The molecule has 4 aromatic rings. The Morgan fingerprint density at radius 3 is 1.18 bits per heavy atom. The van der Waals surface area contributed by atoms with Crippen LogP contribution in [-0.4, -0.2) is 0 Å². The quantitative estimate of drug-likeness (QED) is 0.188. The van der Waals surface area contributed by atoms with Crippen molar-refractivity contribution in [1.29, 1.82) is 0 Å². The van der Waals surface area contributed by atoms with Gasteiger partial charge in [0.2, 0.25) is 0 Å². The maximum absolute atomic E-state index is 2.30. The third-order valence-corrected chi connectivity index (χ3v) is 5.63. The molecular formula is C32H30Ru. The molecule has 4 aromatic carbocycles. The summed E-state index contributed by atoms with van der Waals surface area (Å²) in [6, 6.07) is 38.5. The van der Waals surface area contributed by atoms with Gasteiger partial charge in [-0.2, -0.15) is 0 Å². The van der Waals surface area contributed by atoms with E-state index in [2.05, 4.69) is 133 Å². The minimum atomic E-state index is 0. The van der Waals surface area contributed by atoms with Crippen LogP contribution < -0.4 is 0 Å². The Kier molecular flexibility index (Phi) is 10.1. The fourth-order valence-corrected chi connectivity index (χ4v) is 3.94. The summed E-state index contributed by atoms with van der Waals surface area (Å²) in [6.07, 6.45) is 14.0. The van der Waals surface area contributed by atoms with Gasteiger partial charge in [-0.05, 0) is 65.1 Å². The molecule has 0 aromatic heterocycles. The van der Waals surface area contributed by atoms with E-state index in [0.29, 0.717) is 0 Å². The second kappa shape index (κ2) is 13.5. The molecule has 0 fully saturated rings. The molecule has 0 aliphatic heterocycles. The van der Waals surface area contributed by atoms with Crippen LogP contribution in [0.3, 0.4) is 0 Å². The number of rotatable bonds is 3. The molecule has 1 aliphatic rings. The molecule has 0 bridgehead atoms. The van der Waals surface area contributed by atoms with Gasteiger partial charge < -0.3 is 0 Å². The van der Waals surface area contributed by atoms with E-state index in [4.69, 9.17) is 0 Å². The topological polar surface area (TPSA) is 0 Å². The Morgan fingerprint density at radius 1 is 0.333 bits per heavy atom. The van der Waals surface area contributed by atoms with E-state index in [1.54, 1.807) is 0 Å². The summed E-state index contributed by atoms with van der Waals surface area (Å²) in [5.41, 5.74) is 7.51. The van der Waals surface area contributed by atoms with Crippen molar-refractivity contribution in [3.05, 3.63) is 133 Å². The zero-order valence-electron chi connectivity index (χ0n) is 18.9. The number of benzene rings is 4. The van der Waals surface area contributed by atoms with Crippen LogP contribution in [0.25, 0.3) is 33.4 Å². The van der Waals surface area contributed by atoms with Gasteiger partial charge in [-0.3, -0.25) is 0 Å². The van der Waals surface area contributed by atoms with Crippen LogP contribution in [0.1, 0.15) is 25.7 Å². The number of hydrogen-bond donors (Lipinski definition) is 0. The Balaban J connectivity index is 0.000000290. The van der Waals surface area contributed by atoms with Crippen LogP contribution in [0.2, 0.25) is 0 Å². The Labute approximate surface area is 211 Å². The second-order valence-electron chi connectivity index (χ2n) is 7.96. The van der Waals surface area contributed by atoms with E-state index >= 15 is 0 Å². The molecule has 5 rings (SSSR count). The third-order valence-electron chi connectivity index (χ3n) is 5.63. The minimum Gasteiger partial charge on any atom is -0.0882 e. The largest absolute Gasteiger partial charge is 0.0882 e. The molecule has 0 amide bonds. The molecule has 0 unspecified atom stereocenters. The minimum absolute atomic E-state index is 0. The number of hydrogen-bond acceptors (Lipinski definition) is 0. The summed E-state index contributed by atoms with van der Waals surface area (Å²) >= 11 is 0. The average Bonchev–Trinajstić information content (AvgIpc) is 2.85. The molecule has 0 nitrogen and oxygen atoms in total. The molecule has 0 radical (unpaired) electrons. The van der Waals surface area contributed by atoms with Gasteiger partial charge in [0.05, 0.1) is 0 Å². The van der Waals surface area contributed by atoms with E-state index in [1.165, 1.54) is 59.1 Å². The van der Waals surface area contributed by atoms with Crippen molar-refractivity contribution < 1.29 is 19.5 Å². The summed E-state index contributed by atoms with van der Waals surface area (Å²) in [7, 11) is 0. The fourth-order valence-electron chi connectivity index (χ4n) is 3.94. The van der Waals surface area contributed by atoms with Gasteiger partial charge in [0.25, 0.3) is 0 Å². The molecule has 1 aliphatic carbocycles. The van der Waals surface area contributed by atoms with Crippen LogP contribution in [-0.2, 0) is 19.5 Å². The molecule has 33 heavy (non-hydrogen) atoms. The van der Waals surface area contributed by atoms with Crippen molar-refractivity contribution >= 4 is 0 Å². The first-order valence-corrected chi connectivity index (χ1v) is 11.5. The van der Waals surface area contributed by atoms with Crippen LogP contribution in [0.5, 0.6) is 0 Å². The maximum atomic E-state index is 2.30. The van der Waals surface area contributed by atoms with Gasteiger partial charge in [-0.1, -0.05) is 127 Å². The standard InChI is InChI=1S/C24H18.C8H12.Ru/c1-4-10-19(11-5-1)22-16-17-23(20-12-6-2-7-13-20)24(18-22)21-14-8-3-9-15-21;1-2-4-6-8-7-5-3-1;/h1-18H;1-2,7-8H,3-6H2;/b;2-1-,8-7-;. The number of allylic oxidation sites excluding steroid dienone is 4. The van der Waals surface area contributed by atoms with Crippen molar-refractivity contribution in [3.63, 3.8) is 0 Å². The summed E-state index contributed by atoms with van der Waals surface area (Å²) in [5.74, 6) is 0. The second-order valence-corrected chi connectivity index (χ2v) is 7.96. The molecule has 0 saturated heterocycles. The maximum Gasteiger partial charge on any atom is 0 e. The zero-order chi connectivity index (χ0) is 21.8. The van der Waals surface area contributed by atoms with E-state index in [0.717, 1.165) is 0 Å². The van der Waals surface area contributed by atoms with Gasteiger partial charge in [-0.15, -0.1) is 0 Å². The summed E-state index contributed by atoms with van der Waals surface area (Å²) < 4.78 is 0. The van der Waals surface area contributed by atoms with E-state index in [-0.39, 0.29) is 19.5 Å². The van der Waals surface area contributed by atoms with Gasteiger partial charge in [0, 0.05) is 19.5 Å². The van der Waals surface area contributed by atoms with Crippen LogP contribution in [0.4, 0.5) is 0 Å². The molecule has 1 heteroatoms. The molecule has 0 N–H and O–H groups in total. The normalized spacial score (nSPS) is 14.4. The first-order valence-electron chi connectivity index (χ1n) is 11.5. The van der Waals surface area contributed by atoms with Crippen molar-refractivity contribution in [3.8, 4) is 33.4 Å². The van der Waals surface area contributed by atoms with Crippen molar-refractivity contribution in [1.82, 2.24) is 0 Å². The average molecular weight is 516 g/mol. The molecule has 0 spiro atoms. The monoisotopic (exact) mass is 516 g/mol. The Morgan fingerprint density at radius 2 is 0.727 bits per heavy atom. The predicted octanol–water partition coefficient (Wildman–Crippen LogP) is 9.36. The van der Waals surface area contributed by atoms with Crippen LogP contribution in [0.15, 0.2) is 133 Å². The van der Waals surface area contributed by atoms with Gasteiger partial charge in [0.1, 0.15) is 0 Å². The van der Waals surface area contributed by atoms with Gasteiger partial charge in [-0.25, -0.2) is 0 Å². The predicted molar refractivity (Wildman–Crippen MR) is 139 cm³/mol. The van der Waals surface area contributed by atoms with Crippen molar-refractivity contribution in [2.24, 2.45) is 0 Å². The summed E-state index contributed by atoms with van der Waals surface area (Å²) in [4.78, 5) is 0. The SMILES string of the molecule is C1=C\CC/C=C\CC/1.[Ru].c1ccc(-c2ccc(-c3ccccc3)c(-c3ccccc3)c2)cc1. The van der Waals surface area contributed by atoms with E-state index < -0.39 is 0 Å². The van der Waals surface area contributed by atoms with Crippen molar-refractivity contribution in [2.45, 2.75) is 25.7 Å².